The fourth-order valence-electron chi connectivity index (χ4n) is 2.49. The van der Waals surface area contributed by atoms with E-state index in [1.165, 1.54) is 4.90 Å². The Labute approximate surface area is 123 Å². The number of nitrogens with zero attached hydrogens (tertiary/aromatic N) is 2. The van der Waals surface area contributed by atoms with Gasteiger partial charge in [-0.15, -0.1) is 0 Å². The third kappa shape index (κ3) is 3.51. The molecule has 0 heterocycles. The van der Waals surface area contributed by atoms with Crippen LogP contribution in [0.4, 0.5) is 10.5 Å². The van der Waals surface area contributed by atoms with E-state index < -0.39 is 5.97 Å². The summed E-state index contributed by atoms with van der Waals surface area (Å²) in [5.74, 6) is -1.16. The molecule has 2 unspecified atom stereocenters. The molecule has 1 saturated carbocycles. The number of carboxylic acid groups (broad SMARTS) is 1. The predicted molar refractivity (Wildman–Crippen MR) is 76.9 cm³/mol. The van der Waals surface area contributed by atoms with Crippen molar-refractivity contribution in [3.05, 3.63) is 29.8 Å². The lowest BCUT2D eigenvalue weighted by Gasteiger charge is -2.21. The highest BCUT2D eigenvalue weighted by molar-refractivity contribution is 5.91. The lowest BCUT2D eigenvalue weighted by molar-refractivity contribution is -0.141. The average Bonchev–Trinajstić information content (AvgIpc) is 2.95. The van der Waals surface area contributed by atoms with Crippen LogP contribution in [0, 0.1) is 17.2 Å². The van der Waals surface area contributed by atoms with Crippen LogP contribution in [-0.4, -0.2) is 30.2 Å². The molecule has 0 radical (unpaired) electrons. The van der Waals surface area contributed by atoms with Crippen LogP contribution in [0.25, 0.3) is 0 Å². The van der Waals surface area contributed by atoms with Crippen LogP contribution < -0.4 is 10.2 Å². The van der Waals surface area contributed by atoms with E-state index >= 15 is 0 Å². The van der Waals surface area contributed by atoms with E-state index in [2.05, 4.69) is 5.32 Å². The summed E-state index contributed by atoms with van der Waals surface area (Å²) < 4.78 is 0. The van der Waals surface area contributed by atoms with Crippen molar-refractivity contribution in [1.82, 2.24) is 5.32 Å². The second-order valence-corrected chi connectivity index (χ2v) is 5.21. The third-order valence-electron chi connectivity index (χ3n) is 3.80. The van der Waals surface area contributed by atoms with Gasteiger partial charge >= 0.3 is 12.0 Å². The van der Waals surface area contributed by atoms with Gasteiger partial charge in [-0.2, -0.15) is 5.26 Å². The molecule has 0 saturated heterocycles. The number of nitriles is 1. The number of anilines is 1. The van der Waals surface area contributed by atoms with Crippen molar-refractivity contribution in [2.75, 3.05) is 11.9 Å². The van der Waals surface area contributed by atoms with Gasteiger partial charge in [-0.05, 0) is 43.5 Å². The first-order valence-electron chi connectivity index (χ1n) is 6.78. The minimum atomic E-state index is -0.799. The number of carbonyl (C=O) groups is 2. The van der Waals surface area contributed by atoms with Crippen molar-refractivity contribution in [3.63, 3.8) is 0 Å². The molecule has 0 spiro atoms. The quantitative estimate of drug-likeness (QED) is 0.888. The molecule has 2 atom stereocenters. The summed E-state index contributed by atoms with van der Waals surface area (Å²) in [6, 6.07) is 8.35. The Kier molecular flexibility index (Phi) is 4.43. The monoisotopic (exact) mass is 287 g/mol. The molecule has 2 N–H and O–H groups in total. The second kappa shape index (κ2) is 6.27. The normalized spacial score (nSPS) is 20.6. The van der Waals surface area contributed by atoms with Gasteiger partial charge in [0.1, 0.15) is 0 Å². The summed E-state index contributed by atoms with van der Waals surface area (Å²) in [5, 5.41) is 20.5. The third-order valence-corrected chi connectivity index (χ3v) is 3.80. The number of carboxylic acids is 1. The number of hydrogen-bond donors (Lipinski definition) is 2. The molecular weight excluding hydrogens is 270 g/mol. The molecular formula is C15H17N3O3. The highest BCUT2D eigenvalue weighted by Crippen LogP contribution is 2.26. The maximum Gasteiger partial charge on any atom is 0.321 e. The van der Waals surface area contributed by atoms with E-state index in [1.54, 1.807) is 31.3 Å². The van der Waals surface area contributed by atoms with Crippen LogP contribution in [0.5, 0.6) is 0 Å². The van der Waals surface area contributed by atoms with Gasteiger partial charge in [0, 0.05) is 18.8 Å². The van der Waals surface area contributed by atoms with Crippen LogP contribution in [0.1, 0.15) is 24.8 Å². The van der Waals surface area contributed by atoms with Gasteiger partial charge in [0.05, 0.1) is 17.6 Å². The lowest BCUT2D eigenvalue weighted by atomic mass is 10.1. The van der Waals surface area contributed by atoms with Crippen molar-refractivity contribution in [1.29, 1.82) is 5.26 Å². The first-order valence-corrected chi connectivity index (χ1v) is 6.78. The number of aliphatic carboxylic acids is 1. The van der Waals surface area contributed by atoms with Crippen molar-refractivity contribution in [2.24, 2.45) is 5.92 Å². The van der Waals surface area contributed by atoms with Gasteiger partial charge < -0.3 is 10.4 Å². The van der Waals surface area contributed by atoms with Crippen LogP contribution in [0.3, 0.4) is 0 Å². The van der Waals surface area contributed by atoms with Gasteiger partial charge in [-0.1, -0.05) is 0 Å². The Hall–Kier alpha value is -2.55. The Balaban J connectivity index is 1.94. The fraction of sp³-hybridized carbons (Fsp3) is 0.400. The van der Waals surface area contributed by atoms with Crippen LogP contribution in [0.2, 0.25) is 0 Å². The first kappa shape index (κ1) is 14.9. The van der Waals surface area contributed by atoms with E-state index in [4.69, 9.17) is 10.4 Å². The summed E-state index contributed by atoms with van der Waals surface area (Å²) in [5.41, 5.74) is 1.21. The average molecular weight is 287 g/mol. The van der Waals surface area contributed by atoms with Gasteiger partial charge in [0.15, 0.2) is 0 Å². The molecule has 1 aromatic carbocycles. The van der Waals surface area contributed by atoms with Crippen LogP contribution in [0.15, 0.2) is 24.3 Å². The molecule has 1 aliphatic carbocycles. The number of nitrogens with one attached hydrogen (secondary N) is 1. The molecule has 0 aliphatic heterocycles. The summed E-state index contributed by atoms with van der Waals surface area (Å²) >= 11 is 0. The minimum absolute atomic E-state index is 0.0977. The Morgan fingerprint density at radius 3 is 2.52 bits per heavy atom. The fourth-order valence-corrected chi connectivity index (χ4v) is 2.49. The SMILES string of the molecule is CN(C(=O)NC1CCC(C(=O)O)C1)c1ccc(C#N)cc1. The minimum Gasteiger partial charge on any atom is -0.481 e. The lowest BCUT2D eigenvalue weighted by Crippen LogP contribution is -2.42. The Bertz CT molecular complexity index is 577. The maximum absolute atomic E-state index is 12.1. The Morgan fingerprint density at radius 1 is 1.33 bits per heavy atom. The standard InChI is InChI=1S/C15H17N3O3/c1-18(13-6-2-10(9-16)3-7-13)15(21)17-12-5-4-11(8-12)14(19)20/h2-3,6-7,11-12H,4-5,8H2,1H3,(H,17,21)(H,19,20). The van der Waals surface area contributed by atoms with Crippen LogP contribution in [-0.2, 0) is 4.79 Å². The molecule has 1 aliphatic rings. The molecule has 6 heteroatoms. The zero-order valence-corrected chi connectivity index (χ0v) is 11.7. The molecule has 6 nitrogen and oxygen atoms in total. The number of amides is 2. The highest BCUT2D eigenvalue weighted by Gasteiger charge is 2.31. The molecule has 1 aromatic rings. The molecule has 110 valence electrons. The van der Waals surface area contributed by atoms with Crippen molar-refractivity contribution < 1.29 is 14.7 Å². The number of rotatable bonds is 3. The number of carbonyl (C=O) groups excluding carboxylic acids is 1. The van der Waals surface area contributed by atoms with Gasteiger partial charge in [-0.25, -0.2) is 4.79 Å². The maximum atomic E-state index is 12.1. The molecule has 0 bridgehead atoms. The number of benzene rings is 1. The number of hydrogen-bond acceptors (Lipinski definition) is 3. The predicted octanol–water partition coefficient (Wildman–Crippen LogP) is 1.96. The highest BCUT2D eigenvalue weighted by atomic mass is 16.4. The summed E-state index contributed by atoms with van der Waals surface area (Å²) in [4.78, 5) is 24.5. The smallest absolute Gasteiger partial charge is 0.321 e. The van der Waals surface area contributed by atoms with Crippen molar-refractivity contribution >= 4 is 17.7 Å². The summed E-state index contributed by atoms with van der Waals surface area (Å²) in [7, 11) is 1.64. The van der Waals surface area contributed by atoms with E-state index in [9.17, 15) is 9.59 Å². The van der Waals surface area contributed by atoms with Gasteiger partial charge in [-0.3, -0.25) is 9.69 Å². The van der Waals surface area contributed by atoms with Gasteiger partial charge in [0.25, 0.3) is 0 Å². The topological polar surface area (TPSA) is 93.4 Å². The second-order valence-electron chi connectivity index (χ2n) is 5.21. The molecule has 21 heavy (non-hydrogen) atoms. The van der Waals surface area contributed by atoms with Gasteiger partial charge in [0.2, 0.25) is 0 Å². The molecule has 2 amide bonds. The number of urea groups is 1. The van der Waals surface area contributed by atoms with E-state index in [1.807, 2.05) is 6.07 Å². The van der Waals surface area contributed by atoms with Crippen LogP contribution >= 0.6 is 0 Å². The van der Waals surface area contributed by atoms with Crippen molar-refractivity contribution in [3.8, 4) is 6.07 Å². The zero-order chi connectivity index (χ0) is 15.4. The van der Waals surface area contributed by atoms with E-state index in [-0.39, 0.29) is 18.0 Å². The zero-order valence-electron chi connectivity index (χ0n) is 11.7. The van der Waals surface area contributed by atoms with Crippen molar-refractivity contribution in [2.45, 2.75) is 25.3 Å². The summed E-state index contributed by atoms with van der Waals surface area (Å²) in [6.45, 7) is 0. The largest absolute Gasteiger partial charge is 0.481 e. The molecule has 1 fully saturated rings. The summed E-state index contributed by atoms with van der Waals surface area (Å²) in [6.07, 6.45) is 1.76. The Morgan fingerprint density at radius 2 is 2.00 bits per heavy atom. The first-order chi connectivity index (χ1) is 10.0. The molecule has 2 rings (SSSR count). The van der Waals surface area contributed by atoms with E-state index in [0.717, 1.165) is 0 Å². The molecule has 0 aromatic heterocycles. The van der Waals surface area contributed by atoms with E-state index in [0.29, 0.717) is 30.5 Å².